The van der Waals surface area contributed by atoms with E-state index in [9.17, 15) is 9.59 Å². The number of nitrogens with zero attached hydrogens (tertiary/aromatic N) is 5. The van der Waals surface area contributed by atoms with E-state index in [0.717, 1.165) is 68.8 Å². The first-order valence-corrected chi connectivity index (χ1v) is 11.4. The molecule has 2 aromatic rings. The number of aryl methyl sites for hydroxylation is 2. The third-order valence-electron chi connectivity index (χ3n) is 5.64. The Morgan fingerprint density at radius 3 is 1.82 bits per heavy atom. The van der Waals surface area contributed by atoms with Crippen molar-refractivity contribution in [3.63, 3.8) is 0 Å². The summed E-state index contributed by atoms with van der Waals surface area (Å²) >= 11 is 5.56. The molecule has 2 aromatic heterocycles. The van der Waals surface area contributed by atoms with Crippen molar-refractivity contribution in [1.29, 1.82) is 0 Å². The molecule has 0 atom stereocenters. The minimum Gasteiger partial charge on any atom is -0.369 e. The van der Waals surface area contributed by atoms with Crippen molar-refractivity contribution < 1.29 is 9.59 Å². The van der Waals surface area contributed by atoms with Gasteiger partial charge < -0.3 is 21.7 Å². The molecule has 2 aliphatic heterocycles. The number of piperidine rings is 2. The average Bonchev–Trinajstić information content (AvgIpc) is 2.83. The van der Waals surface area contributed by atoms with Crippen LogP contribution in [0.25, 0.3) is 0 Å². The molecule has 2 saturated heterocycles. The summed E-state index contributed by atoms with van der Waals surface area (Å²) in [6, 6.07) is 0. The molecule has 0 radical (unpaired) electrons. The zero-order valence-corrected chi connectivity index (χ0v) is 21.2. The van der Waals surface area contributed by atoms with Crippen LogP contribution in [0.1, 0.15) is 36.8 Å². The molecule has 10 nitrogen and oxygen atoms in total. The van der Waals surface area contributed by atoms with Gasteiger partial charge in [-0.3, -0.25) is 9.59 Å². The molecule has 188 valence electrons. The number of carbonyl (C=O) groups is 2. The van der Waals surface area contributed by atoms with E-state index in [1.165, 1.54) is 6.33 Å². The number of amides is 2. The Morgan fingerprint density at radius 1 is 0.912 bits per heavy atom. The molecule has 2 fully saturated rings. The summed E-state index contributed by atoms with van der Waals surface area (Å²) in [6.07, 6.45) is 9.93. The number of primary amides is 2. The molecule has 5 N–H and O–H groups in total. The molecule has 4 rings (SSSR count). The number of hydrogen-bond donors (Lipinski definition) is 3. The largest absolute Gasteiger partial charge is 0.369 e. The predicted molar refractivity (Wildman–Crippen MR) is 135 cm³/mol. The molecule has 0 bridgehead atoms. The summed E-state index contributed by atoms with van der Waals surface area (Å²) in [5.74, 6) is 0.804. The lowest BCUT2D eigenvalue weighted by molar-refractivity contribution is -0.123. The van der Waals surface area contributed by atoms with Crippen molar-refractivity contribution in [2.45, 2.75) is 39.5 Å². The lowest BCUT2D eigenvalue weighted by Crippen LogP contribution is -2.39. The fourth-order valence-electron chi connectivity index (χ4n) is 3.59. The zero-order chi connectivity index (χ0) is 24.2. The van der Waals surface area contributed by atoms with Crippen LogP contribution in [0.15, 0.2) is 25.0 Å². The van der Waals surface area contributed by atoms with Crippen molar-refractivity contribution in [3.8, 4) is 0 Å². The van der Waals surface area contributed by atoms with Crippen LogP contribution in [0.2, 0.25) is 5.15 Å². The number of rotatable bonds is 3. The van der Waals surface area contributed by atoms with Crippen LogP contribution < -0.4 is 21.7 Å². The molecule has 0 saturated carbocycles. The van der Waals surface area contributed by atoms with Gasteiger partial charge in [0.15, 0.2) is 0 Å². The molecule has 0 spiro atoms. The Bertz CT molecular complexity index is 883. The number of anilines is 1. The molecular formula is C22H34Cl2N8O2. The van der Waals surface area contributed by atoms with Gasteiger partial charge in [0, 0.05) is 48.4 Å². The summed E-state index contributed by atoms with van der Waals surface area (Å²) in [6.45, 7) is 7.41. The summed E-state index contributed by atoms with van der Waals surface area (Å²) in [5.41, 5.74) is 12.4. The number of nitrogens with one attached hydrogen (secondary N) is 1. The molecule has 34 heavy (non-hydrogen) atoms. The topological polar surface area (TPSA) is 153 Å². The fourth-order valence-corrected chi connectivity index (χ4v) is 3.68. The highest BCUT2D eigenvalue weighted by Crippen LogP contribution is 2.23. The van der Waals surface area contributed by atoms with E-state index in [4.69, 9.17) is 23.1 Å². The number of halogens is 2. The van der Waals surface area contributed by atoms with Gasteiger partial charge in [0.05, 0.1) is 0 Å². The second-order valence-electron chi connectivity index (χ2n) is 8.12. The van der Waals surface area contributed by atoms with E-state index < -0.39 is 0 Å². The first-order chi connectivity index (χ1) is 15.8. The molecule has 12 heteroatoms. The average molecular weight is 513 g/mol. The van der Waals surface area contributed by atoms with Crippen molar-refractivity contribution in [2.75, 3.05) is 31.1 Å². The predicted octanol–water partition coefficient (Wildman–Crippen LogP) is 1.82. The monoisotopic (exact) mass is 512 g/mol. The molecule has 0 aliphatic carbocycles. The second kappa shape index (κ2) is 15.4. The molecular weight excluding hydrogens is 479 g/mol. The van der Waals surface area contributed by atoms with E-state index in [-0.39, 0.29) is 36.1 Å². The smallest absolute Gasteiger partial charge is 0.220 e. The van der Waals surface area contributed by atoms with Gasteiger partial charge in [-0.05, 0) is 52.6 Å². The van der Waals surface area contributed by atoms with E-state index >= 15 is 0 Å². The first kappa shape index (κ1) is 29.5. The quantitative estimate of drug-likeness (QED) is 0.526. The van der Waals surface area contributed by atoms with Crippen LogP contribution in [0.5, 0.6) is 0 Å². The summed E-state index contributed by atoms with van der Waals surface area (Å²) in [5, 5.41) is 3.69. The standard InChI is InChI=1S/C11H16N4O.C6H12N2O.C5H5ClN2.ClH/c1-8-6-13-7-14-11(8)15-4-2-9(3-5-15)10(12)16;7-6(9)5-1-3-8-4-2-5;1-4-2-7-3-8-5(4)6;/h6-7,9H,2-5H2,1H3,(H2,12,16);5,8H,1-4H2,(H2,7,9);2-3H,1H3;1H. The van der Waals surface area contributed by atoms with Gasteiger partial charge in [0.2, 0.25) is 11.8 Å². The lowest BCUT2D eigenvalue weighted by atomic mass is 9.96. The molecule has 2 aliphatic rings. The Kier molecular flexibility index (Phi) is 13.3. The van der Waals surface area contributed by atoms with Gasteiger partial charge in [-0.25, -0.2) is 19.9 Å². The SMILES string of the molecule is Cc1cncnc1Cl.Cc1cncnc1N1CCC(C(N)=O)CC1.Cl.NC(=O)C1CCNCC1. The van der Waals surface area contributed by atoms with Crippen LogP contribution in [-0.2, 0) is 9.59 Å². The highest BCUT2D eigenvalue weighted by molar-refractivity contribution is 6.30. The van der Waals surface area contributed by atoms with Gasteiger partial charge in [-0.15, -0.1) is 12.4 Å². The summed E-state index contributed by atoms with van der Waals surface area (Å²) < 4.78 is 0. The number of aromatic nitrogens is 4. The van der Waals surface area contributed by atoms with Crippen LogP contribution in [0.3, 0.4) is 0 Å². The maximum atomic E-state index is 11.0. The normalized spacial score (nSPS) is 16.1. The third-order valence-corrected chi connectivity index (χ3v) is 6.03. The Balaban J connectivity index is 0.000000274. The van der Waals surface area contributed by atoms with E-state index in [2.05, 4.69) is 30.2 Å². The Morgan fingerprint density at radius 2 is 1.41 bits per heavy atom. The van der Waals surface area contributed by atoms with Crippen molar-refractivity contribution in [1.82, 2.24) is 25.3 Å². The lowest BCUT2D eigenvalue weighted by Gasteiger charge is -2.32. The highest BCUT2D eigenvalue weighted by Gasteiger charge is 2.24. The number of hydrogen-bond acceptors (Lipinski definition) is 8. The van der Waals surface area contributed by atoms with E-state index in [1.807, 2.05) is 20.0 Å². The highest BCUT2D eigenvalue weighted by atomic mass is 35.5. The number of nitrogens with two attached hydrogens (primary N) is 2. The van der Waals surface area contributed by atoms with Gasteiger partial charge in [-0.2, -0.15) is 0 Å². The van der Waals surface area contributed by atoms with Crippen molar-refractivity contribution in [3.05, 3.63) is 41.3 Å². The minimum atomic E-state index is -0.181. The van der Waals surface area contributed by atoms with Crippen LogP contribution >= 0.6 is 24.0 Å². The van der Waals surface area contributed by atoms with Gasteiger partial charge in [0.1, 0.15) is 23.6 Å². The first-order valence-electron chi connectivity index (χ1n) is 11.0. The van der Waals surface area contributed by atoms with Gasteiger partial charge in [0.25, 0.3) is 0 Å². The Labute approximate surface area is 211 Å². The third kappa shape index (κ3) is 9.74. The number of carbonyl (C=O) groups excluding carboxylic acids is 2. The molecule has 4 heterocycles. The van der Waals surface area contributed by atoms with Crippen LogP contribution in [0, 0.1) is 25.7 Å². The second-order valence-corrected chi connectivity index (χ2v) is 8.47. The van der Waals surface area contributed by atoms with Gasteiger partial charge in [-0.1, -0.05) is 11.6 Å². The van der Waals surface area contributed by atoms with Crippen LogP contribution in [-0.4, -0.2) is 57.9 Å². The molecule has 0 aromatic carbocycles. The van der Waals surface area contributed by atoms with E-state index in [1.54, 1.807) is 12.5 Å². The fraction of sp³-hybridized carbons (Fsp3) is 0.545. The van der Waals surface area contributed by atoms with E-state index in [0.29, 0.717) is 5.15 Å². The molecule has 2 amide bonds. The zero-order valence-electron chi connectivity index (χ0n) is 19.6. The van der Waals surface area contributed by atoms with Gasteiger partial charge >= 0.3 is 0 Å². The maximum absolute atomic E-state index is 11.0. The minimum absolute atomic E-state index is 0. The molecule has 0 unspecified atom stereocenters. The van der Waals surface area contributed by atoms with Crippen molar-refractivity contribution >= 4 is 41.6 Å². The summed E-state index contributed by atoms with van der Waals surface area (Å²) in [4.78, 5) is 39.5. The summed E-state index contributed by atoms with van der Waals surface area (Å²) in [7, 11) is 0. The van der Waals surface area contributed by atoms with Crippen molar-refractivity contribution in [2.24, 2.45) is 23.3 Å². The maximum Gasteiger partial charge on any atom is 0.220 e. The van der Waals surface area contributed by atoms with Crippen LogP contribution in [0.4, 0.5) is 5.82 Å². The Hall–Kier alpha value is -2.56.